The van der Waals surface area contributed by atoms with Crippen molar-refractivity contribution < 1.29 is 19.0 Å². The number of rotatable bonds is 7. The minimum Gasteiger partial charge on any atom is -0.497 e. The largest absolute Gasteiger partial charge is 0.497 e. The third-order valence-corrected chi connectivity index (χ3v) is 5.74. The fraction of sp³-hybridized carbons (Fsp3) is 0.240. The molecule has 0 fully saturated rings. The zero-order chi connectivity index (χ0) is 24.5. The number of nitrogens with zero attached hydrogens (tertiary/aromatic N) is 6. The van der Waals surface area contributed by atoms with Crippen molar-refractivity contribution in [3.05, 3.63) is 65.5 Å². The van der Waals surface area contributed by atoms with E-state index >= 15 is 0 Å². The van der Waals surface area contributed by atoms with Gasteiger partial charge in [-0.05, 0) is 36.8 Å². The van der Waals surface area contributed by atoms with Crippen LogP contribution in [0.25, 0.3) is 33.6 Å². The molecule has 3 aromatic heterocycles. The fourth-order valence-corrected chi connectivity index (χ4v) is 4.03. The van der Waals surface area contributed by atoms with Gasteiger partial charge in [-0.2, -0.15) is 14.7 Å². The number of hydrogen-bond donors (Lipinski definition) is 0. The Bertz CT molecular complexity index is 1540. The summed E-state index contributed by atoms with van der Waals surface area (Å²) < 4.78 is 19.2. The van der Waals surface area contributed by atoms with E-state index in [4.69, 9.17) is 24.4 Å². The standard InChI is InChI=1S/C25H24N6O4/c1-15-8-10-17(11-9-15)30-25-23(19(28-30)13-21(32)35-4)26-27-24-22(20(14-33-2)29-31(24)25)16-6-5-7-18(12-16)34-3/h5-12H,13-14H2,1-4H3. The van der Waals surface area contributed by atoms with Crippen LogP contribution in [0.15, 0.2) is 48.5 Å². The number of aromatic nitrogens is 6. The average Bonchev–Trinajstić information content (AvgIpc) is 3.43. The monoisotopic (exact) mass is 472 g/mol. The smallest absolute Gasteiger partial charge is 0.311 e. The topological polar surface area (TPSA) is 106 Å². The Morgan fingerprint density at radius 3 is 2.49 bits per heavy atom. The summed E-state index contributed by atoms with van der Waals surface area (Å²) in [5.41, 5.74) is 6.31. The molecular formula is C25H24N6O4. The first-order valence-corrected chi connectivity index (χ1v) is 11.0. The highest BCUT2D eigenvalue weighted by atomic mass is 16.5. The zero-order valence-electron chi connectivity index (χ0n) is 19.8. The first-order chi connectivity index (χ1) is 17.0. The predicted molar refractivity (Wildman–Crippen MR) is 129 cm³/mol. The van der Waals surface area contributed by atoms with Crippen molar-refractivity contribution in [3.8, 4) is 22.6 Å². The van der Waals surface area contributed by atoms with E-state index < -0.39 is 5.97 Å². The number of esters is 1. The normalized spacial score (nSPS) is 11.3. The van der Waals surface area contributed by atoms with E-state index in [1.165, 1.54) is 7.11 Å². The second-order valence-corrected chi connectivity index (χ2v) is 8.04. The number of ether oxygens (including phenoxy) is 3. The minimum absolute atomic E-state index is 0.0407. The lowest BCUT2D eigenvalue weighted by Crippen LogP contribution is -2.06. The second-order valence-electron chi connectivity index (χ2n) is 8.04. The summed E-state index contributed by atoms with van der Waals surface area (Å²) in [6.45, 7) is 2.29. The molecule has 5 rings (SSSR count). The van der Waals surface area contributed by atoms with Crippen LogP contribution in [-0.4, -0.2) is 56.9 Å². The van der Waals surface area contributed by atoms with Crippen molar-refractivity contribution in [1.29, 1.82) is 0 Å². The molecule has 0 saturated carbocycles. The van der Waals surface area contributed by atoms with Gasteiger partial charge >= 0.3 is 5.97 Å². The Kier molecular flexibility index (Phi) is 5.87. The molecule has 0 aliphatic heterocycles. The highest BCUT2D eigenvalue weighted by molar-refractivity contribution is 5.87. The highest BCUT2D eigenvalue weighted by Gasteiger charge is 2.24. The molecule has 0 N–H and O–H groups in total. The van der Waals surface area contributed by atoms with Gasteiger partial charge in [0.1, 0.15) is 11.4 Å². The van der Waals surface area contributed by atoms with E-state index in [9.17, 15) is 4.79 Å². The molecule has 3 heterocycles. The van der Waals surface area contributed by atoms with Gasteiger partial charge in [0, 0.05) is 7.11 Å². The van der Waals surface area contributed by atoms with Crippen LogP contribution in [0, 0.1) is 6.92 Å². The first kappa shape index (κ1) is 22.5. The molecule has 0 aliphatic carbocycles. The number of methoxy groups -OCH3 is 3. The molecule has 2 aromatic carbocycles. The van der Waals surface area contributed by atoms with Gasteiger partial charge in [-0.25, -0.2) is 4.68 Å². The van der Waals surface area contributed by atoms with Gasteiger partial charge in [0.2, 0.25) is 0 Å². The van der Waals surface area contributed by atoms with Gasteiger partial charge < -0.3 is 14.2 Å². The van der Waals surface area contributed by atoms with E-state index in [-0.39, 0.29) is 13.0 Å². The van der Waals surface area contributed by atoms with Crippen molar-refractivity contribution in [1.82, 2.24) is 29.6 Å². The van der Waals surface area contributed by atoms with Gasteiger partial charge in [0.05, 0.1) is 44.2 Å². The third-order valence-electron chi connectivity index (χ3n) is 5.74. The van der Waals surface area contributed by atoms with Crippen molar-refractivity contribution in [2.45, 2.75) is 20.0 Å². The quantitative estimate of drug-likeness (QED) is 0.332. The molecule has 0 unspecified atom stereocenters. The SMILES string of the molecule is COCc1nn2c(nnc3c(CC(=O)OC)nn(-c4ccc(C)cc4)c32)c1-c1cccc(OC)c1. The lowest BCUT2D eigenvalue weighted by Gasteiger charge is -2.06. The first-order valence-electron chi connectivity index (χ1n) is 11.0. The van der Waals surface area contributed by atoms with Crippen molar-refractivity contribution in [2.75, 3.05) is 21.3 Å². The Morgan fingerprint density at radius 1 is 0.971 bits per heavy atom. The minimum atomic E-state index is -0.417. The molecule has 178 valence electrons. The Labute approximate surface area is 201 Å². The van der Waals surface area contributed by atoms with Crippen molar-refractivity contribution >= 4 is 22.8 Å². The number of carbonyl (C=O) groups excluding carboxylic acids is 1. The van der Waals surface area contributed by atoms with E-state index in [2.05, 4.69) is 10.2 Å². The van der Waals surface area contributed by atoms with E-state index in [1.807, 2.05) is 55.5 Å². The molecule has 0 atom stereocenters. The van der Waals surface area contributed by atoms with Gasteiger partial charge in [-0.1, -0.05) is 29.8 Å². The molecule has 0 aliphatic rings. The van der Waals surface area contributed by atoms with Crippen molar-refractivity contribution in [3.63, 3.8) is 0 Å². The maximum absolute atomic E-state index is 12.1. The summed E-state index contributed by atoms with van der Waals surface area (Å²) in [6, 6.07) is 15.6. The summed E-state index contributed by atoms with van der Waals surface area (Å²) in [7, 11) is 4.58. The lowest BCUT2D eigenvalue weighted by molar-refractivity contribution is -0.139. The molecule has 10 nitrogen and oxygen atoms in total. The molecule has 10 heteroatoms. The summed E-state index contributed by atoms with van der Waals surface area (Å²) in [5, 5.41) is 18.6. The molecular weight excluding hydrogens is 448 g/mol. The van der Waals surface area contributed by atoms with E-state index in [0.29, 0.717) is 33.9 Å². The Hall–Kier alpha value is -4.31. The Balaban J connectivity index is 1.83. The summed E-state index contributed by atoms with van der Waals surface area (Å²) >= 11 is 0. The third kappa shape index (κ3) is 3.97. The molecule has 0 saturated heterocycles. The summed E-state index contributed by atoms with van der Waals surface area (Å²) in [4.78, 5) is 12.1. The van der Waals surface area contributed by atoms with Crippen molar-refractivity contribution in [2.24, 2.45) is 0 Å². The van der Waals surface area contributed by atoms with Gasteiger partial charge in [-0.3, -0.25) is 4.79 Å². The van der Waals surface area contributed by atoms with E-state index in [0.717, 1.165) is 22.4 Å². The van der Waals surface area contributed by atoms with Gasteiger partial charge in [0.25, 0.3) is 0 Å². The summed E-state index contributed by atoms with van der Waals surface area (Å²) in [5.74, 6) is 0.296. The molecule has 5 aromatic rings. The fourth-order valence-electron chi connectivity index (χ4n) is 4.03. The molecule has 0 bridgehead atoms. The Morgan fingerprint density at radius 2 is 1.77 bits per heavy atom. The maximum atomic E-state index is 12.1. The van der Waals surface area contributed by atoms with Crippen LogP contribution in [-0.2, 0) is 27.3 Å². The predicted octanol–water partition coefficient (Wildman–Crippen LogP) is 3.31. The second kappa shape index (κ2) is 9.15. The molecule has 0 spiro atoms. The van der Waals surface area contributed by atoms with Gasteiger partial charge in [-0.15, -0.1) is 10.2 Å². The molecule has 0 radical (unpaired) electrons. The van der Waals surface area contributed by atoms with Crippen LogP contribution in [0.4, 0.5) is 0 Å². The van der Waals surface area contributed by atoms with E-state index in [1.54, 1.807) is 23.4 Å². The van der Waals surface area contributed by atoms with Crippen LogP contribution < -0.4 is 4.74 Å². The van der Waals surface area contributed by atoms with Gasteiger partial charge in [0.15, 0.2) is 16.8 Å². The highest BCUT2D eigenvalue weighted by Crippen LogP contribution is 2.32. The van der Waals surface area contributed by atoms with Crippen LogP contribution in [0.3, 0.4) is 0 Å². The molecule has 35 heavy (non-hydrogen) atoms. The number of benzene rings is 2. The number of carbonyl (C=O) groups is 1. The van der Waals surface area contributed by atoms with Crippen LogP contribution in [0.1, 0.15) is 17.0 Å². The van der Waals surface area contributed by atoms with Crippen LogP contribution in [0.2, 0.25) is 0 Å². The number of hydrogen-bond acceptors (Lipinski definition) is 8. The average molecular weight is 473 g/mol. The number of fused-ring (bicyclic) bond motifs is 3. The zero-order valence-corrected chi connectivity index (χ0v) is 19.8. The maximum Gasteiger partial charge on any atom is 0.311 e. The van der Waals surface area contributed by atoms with Crippen LogP contribution in [0.5, 0.6) is 5.75 Å². The lowest BCUT2D eigenvalue weighted by atomic mass is 10.1. The number of aryl methyl sites for hydroxylation is 1. The van der Waals surface area contributed by atoms with Crippen LogP contribution >= 0.6 is 0 Å². The molecule has 0 amide bonds. The summed E-state index contributed by atoms with van der Waals surface area (Å²) in [6.07, 6.45) is -0.0407.